The first-order chi connectivity index (χ1) is 10.1. The Bertz CT molecular complexity index is 732. The molecule has 0 bridgehead atoms. The summed E-state index contributed by atoms with van der Waals surface area (Å²) < 4.78 is 13.9. The number of carboxylic acids is 1. The highest BCUT2D eigenvalue weighted by Gasteiger charge is 2.16. The molecule has 0 spiro atoms. The predicted octanol–water partition coefficient (Wildman–Crippen LogP) is 4.30. The number of allylic oxidation sites excluding steroid dienone is 1. The van der Waals surface area contributed by atoms with Crippen LogP contribution in [0.2, 0.25) is 0 Å². The lowest BCUT2D eigenvalue weighted by Gasteiger charge is -2.20. The number of benzene rings is 2. The van der Waals surface area contributed by atoms with Gasteiger partial charge in [-0.2, -0.15) is 0 Å². The van der Waals surface area contributed by atoms with Crippen LogP contribution in [0.15, 0.2) is 48.5 Å². The van der Waals surface area contributed by atoms with E-state index in [1.807, 2.05) is 18.2 Å². The maximum Gasteiger partial charge on any atom is 0.328 e. The van der Waals surface area contributed by atoms with Gasteiger partial charge in [0.1, 0.15) is 5.82 Å². The van der Waals surface area contributed by atoms with Crippen molar-refractivity contribution in [2.45, 2.75) is 19.3 Å². The molecule has 21 heavy (non-hydrogen) atoms. The Morgan fingerprint density at radius 1 is 1.10 bits per heavy atom. The normalized spacial score (nSPS) is 15.8. The number of aryl methyl sites for hydroxylation is 1. The zero-order chi connectivity index (χ0) is 14.8. The Morgan fingerprint density at radius 3 is 2.67 bits per heavy atom. The van der Waals surface area contributed by atoms with E-state index in [9.17, 15) is 9.18 Å². The highest BCUT2D eigenvalue weighted by atomic mass is 19.1. The van der Waals surface area contributed by atoms with Crippen molar-refractivity contribution in [2.24, 2.45) is 0 Å². The zero-order valence-corrected chi connectivity index (χ0v) is 11.5. The average molecular weight is 282 g/mol. The highest BCUT2D eigenvalue weighted by Crippen LogP contribution is 2.34. The molecule has 0 amide bonds. The minimum absolute atomic E-state index is 0.267. The first-order valence-electron chi connectivity index (χ1n) is 6.97. The molecule has 2 aromatic rings. The first-order valence-corrected chi connectivity index (χ1v) is 6.97. The van der Waals surface area contributed by atoms with Gasteiger partial charge in [0.25, 0.3) is 0 Å². The highest BCUT2D eigenvalue weighted by molar-refractivity contribution is 5.91. The number of carboxylic acid groups (broad SMARTS) is 1. The number of halogens is 1. The largest absolute Gasteiger partial charge is 0.478 e. The van der Waals surface area contributed by atoms with Crippen molar-refractivity contribution in [1.82, 2.24) is 0 Å². The van der Waals surface area contributed by atoms with Crippen LogP contribution in [0.3, 0.4) is 0 Å². The summed E-state index contributed by atoms with van der Waals surface area (Å²) in [7, 11) is 0. The van der Waals surface area contributed by atoms with Crippen molar-refractivity contribution in [3.8, 4) is 11.1 Å². The van der Waals surface area contributed by atoms with E-state index < -0.39 is 5.97 Å². The summed E-state index contributed by atoms with van der Waals surface area (Å²) in [6, 6.07) is 12.4. The summed E-state index contributed by atoms with van der Waals surface area (Å²) in [4.78, 5) is 10.9. The van der Waals surface area contributed by atoms with E-state index in [2.05, 4.69) is 0 Å². The number of aliphatic carboxylic acids is 1. The van der Waals surface area contributed by atoms with Crippen LogP contribution in [0.1, 0.15) is 24.0 Å². The van der Waals surface area contributed by atoms with E-state index in [-0.39, 0.29) is 5.82 Å². The average Bonchev–Trinajstić information content (AvgIpc) is 2.47. The molecule has 1 aliphatic carbocycles. The molecular formula is C18H15FO2. The van der Waals surface area contributed by atoms with Crippen LogP contribution in [0.4, 0.5) is 4.39 Å². The fraction of sp³-hybridized carbons (Fsp3) is 0.167. The van der Waals surface area contributed by atoms with Crippen LogP contribution in [0, 0.1) is 5.82 Å². The maximum absolute atomic E-state index is 13.9. The lowest BCUT2D eigenvalue weighted by atomic mass is 9.85. The molecule has 3 rings (SSSR count). The maximum atomic E-state index is 13.9. The monoisotopic (exact) mass is 282 g/mol. The fourth-order valence-electron chi connectivity index (χ4n) is 2.86. The Balaban J connectivity index is 2.12. The van der Waals surface area contributed by atoms with E-state index in [4.69, 9.17) is 5.11 Å². The third-order valence-corrected chi connectivity index (χ3v) is 3.83. The summed E-state index contributed by atoms with van der Waals surface area (Å²) in [6.45, 7) is 0. The molecule has 0 fully saturated rings. The van der Waals surface area contributed by atoms with Gasteiger partial charge in [-0.25, -0.2) is 9.18 Å². The molecule has 3 heteroatoms. The van der Waals surface area contributed by atoms with Gasteiger partial charge in [-0.1, -0.05) is 30.3 Å². The topological polar surface area (TPSA) is 37.3 Å². The number of hydrogen-bond donors (Lipinski definition) is 1. The molecule has 0 heterocycles. The second-order valence-corrected chi connectivity index (χ2v) is 5.21. The van der Waals surface area contributed by atoms with Gasteiger partial charge in [0.05, 0.1) is 0 Å². The first kappa shape index (κ1) is 13.6. The quantitative estimate of drug-likeness (QED) is 0.834. The van der Waals surface area contributed by atoms with E-state index in [0.717, 1.165) is 41.5 Å². The van der Waals surface area contributed by atoms with Crippen molar-refractivity contribution >= 4 is 11.5 Å². The standard InChI is InChI=1S/C18H15FO2/c19-17-7-2-1-6-15(17)14-9-8-12-4-3-5-13(11-18(20)21)16(12)10-14/h1-2,6-11H,3-5H2,(H,20,21)/b13-11+. The molecule has 106 valence electrons. The number of rotatable bonds is 2. The van der Waals surface area contributed by atoms with E-state index >= 15 is 0 Å². The summed E-state index contributed by atoms with van der Waals surface area (Å²) >= 11 is 0. The fourth-order valence-corrected chi connectivity index (χ4v) is 2.86. The Morgan fingerprint density at radius 2 is 1.90 bits per heavy atom. The van der Waals surface area contributed by atoms with E-state index in [0.29, 0.717) is 5.56 Å². The van der Waals surface area contributed by atoms with Crippen molar-refractivity contribution in [3.63, 3.8) is 0 Å². The van der Waals surface area contributed by atoms with Gasteiger partial charge in [-0.3, -0.25) is 0 Å². The SMILES string of the molecule is O=C(O)/C=C1\CCCc2ccc(-c3ccccc3F)cc21. The van der Waals surface area contributed by atoms with Gasteiger partial charge in [-0.05, 0) is 53.7 Å². The van der Waals surface area contributed by atoms with E-state index in [1.165, 1.54) is 12.1 Å². The molecule has 0 saturated carbocycles. The van der Waals surface area contributed by atoms with Crippen LogP contribution < -0.4 is 0 Å². The number of hydrogen-bond acceptors (Lipinski definition) is 1. The van der Waals surface area contributed by atoms with Crippen molar-refractivity contribution in [2.75, 3.05) is 0 Å². The van der Waals surface area contributed by atoms with Crippen LogP contribution in [-0.2, 0) is 11.2 Å². The smallest absolute Gasteiger partial charge is 0.328 e. The summed E-state index contributed by atoms with van der Waals surface area (Å²) in [5.74, 6) is -1.20. The lowest BCUT2D eigenvalue weighted by Crippen LogP contribution is -2.04. The molecule has 0 atom stereocenters. The van der Waals surface area contributed by atoms with Crippen molar-refractivity contribution < 1.29 is 14.3 Å². The summed E-state index contributed by atoms with van der Waals surface area (Å²) in [5, 5.41) is 8.99. The molecule has 2 nitrogen and oxygen atoms in total. The predicted molar refractivity (Wildman–Crippen MR) is 80.4 cm³/mol. The molecule has 2 aromatic carbocycles. The lowest BCUT2D eigenvalue weighted by molar-refractivity contribution is -0.131. The van der Waals surface area contributed by atoms with Gasteiger partial charge in [0, 0.05) is 11.6 Å². The third kappa shape index (κ3) is 2.72. The van der Waals surface area contributed by atoms with Gasteiger partial charge in [0.15, 0.2) is 0 Å². The molecule has 0 aliphatic heterocycles. The molecule has 0 unspecified atom stereocenters. The van der Waals surface area contributed by atoms with Gasteiger partial charge >= 0.3 is 5.97 Å². The number of fused-ring (bicyclic) bond motifs is 1. The summed E-state index contributed by atoms with van der Waals surface area (Å²) in [5.41, 5.74) is 4.21. The molecule has 1 aliphatic rings. The third-order valence-electron chi connectivity index (χ3n) is 3.83. The Labute approximate surface area is 122 Å². The zero-order valence-electron chi connectivity index (χ0n) is 11.5. The number of carbonyl (C=O) groups is 1. The second-order valence-electron chi connectivity index (χ2n) is 5.21. The molecule has 0 aromatic heterocycles. The Kier molecular flexibility index (Phi) is 3.57. The van der Waals surface area contributed by atoms with Gasteiger partial charge < -0.3 is 5.11 Å². The van der Waals surface area contributed by atoms with Crippen molar-refractivity contribution in [3.05, 3.63) is 65.5 Å². The van der Waals surface area contributed by atoms with Crippen molar-refractivity contribution in [1.29, 1.82) is 0 Å². The Hall–Kier alpha value is -2.42. The molecular weight excluding hydrogens is 267 g/mol. The van der Waals surface area contributed by atoms with Crippen LogP contribution in [-0.4, -0.2) is 11.1 Å². The van der Waals surface area contributed by atoms with Crippen LogP contribution >= 0.6 is 0 Å². The van der Waals surface area contributed by atoms with Crippen LogP contribution in [0.25, 0.3) is 16.7 Å². The van der Waals surface area contributed by atoms with E-state index in [1.54, 1.807) is 18.2 Å². The minimum atomic E-state index is -0.936. The van der Waals surface area contributed by atoms with Gasteiger partial charge in [-0.15, -0.1) is 0 Å². The molecule has 0 saturated heterocycles. The second kappa shape index (κ2) is 5.52. The molecule has 1 N–H and O–H groups in total. The van der Waals surface area contributed by atoms with Gasteiger partial charge in [0.2, 0.25) is 0 Å². The summed E-state index contributed by atoms with van der Waals surface area (Å²) in [6.07, 6.45) is 3.90. The molecule has 0 radical (unpaired) electrons. The van der Waals surface area contributed by atoms with Crippen LogP contribution in [0.5, 0.6) is 0 Å². The minimum Gasteiger partial charge on any atom is -0.478 e.